The van der Waals surface area contributed by atoms with E-state index >= 15 is 0 Å². The molecule has 2 aromatic carbocycles. The van der Waals surface area contributed by atoms with Gasteiger partial charge in [-0.05, 0) is 49.0 Å². The Labute approximate surface area is 168 Å². The molecule has 1 heterocycles. The van der Waals surface area contributed by atoms with E-state index < -0.39 is 21.7 Å². The third-order valence-corrected chi connectivity index (χ3v) is 6.86. The van der Waals surface area contributed by atoms with E-state index in [4.69, 9.17) is 11.6 Å². The fourth-order valence-electron chi connectivity index (χ4n) is 2.99. The number of carbonyl (C=O) groups is 1. The van der Waals surface area contributed by atoms with Crippen LogP contribution in [0, 0.1) is 5.82 Å². The molecular formula is C19H21ClFN3O3S. The average molecular weight is 426 g/mol. The summed E-state index contributed by atoms with van der Waals surface area (Å²) in [5.41, 5.74) is 0.226. The lowest BCUT2D eigenvalue weighted by Gasteiger charge is -2.33. The monoisotopic (exact) mass is 425 g/mol. The second-order valence-electron chi connectivity index (χ2n) is 6.44. The van der Waals surface area contributed by atoms with Gasteiger partial charge in [0, 0.05) is 36.8 Å². The van der Waals surface area contributed by atoms with Crippen LogP contribution in [-0.2, 0) is 10.0 Å². The van der Waals surface area contributed by atoms with Gasteiger partial charge in [0.05, 0.1) is 10.6 Å². The normalized spacial score (nSPS) is 16.1. The van der Waals surface area contributed by atoms with Gasteiger partial charge in [-0.2, -0.15) is 4.31 Å². The molecule has 0 saturated carbocycles. The molecule has 28 heavy (non-hydrogen) atoms. The van der Waals surface area contributed by atoms with Crippen molar-refractivity contribution in [3.05, 3.63) is 58.9 Å². The molecule has 1 fully saturated rings. The van der Waals surface area contributed by atoms with E-state index in [9.17, 15) is 17.6 Å². The summed E-state index contributed by atoms with van der Waals surface area (Å²) < 4.78 is 41.4. The molecule has 0 bridgehead atoms. The number of carbonyl (C=O) groups excluding carboxylic acids is 1. The van der Waals surface area contributed by atoms with Crippen molar-refractivity contribution in [2.45, 2.75) is 11.8 Å². The first-order valence-electron chi connectivity index (χ1n) is 8.90. The van der Waals surface area contributed by atoms with Crippen molar-refractivity contribution in [3.63, 3.8) is 0 Å². The molecule has 0 aliphatic carbocycles. The number of amides is 1. The first kappa shape index (κ1) is 20.7. The van der Waals surface area contributed by atoms with Gasteiger partial charge in [0.2, 0.25) is 10.0 Å². The number of nitrogens with one attached hydrogen (secondary N) is 1. The van der Waals surface area contributed by atoms with Crippen LogP contribution in [0.15, 0.2) is 47.4 Å². The van der Waals surface area contributed by atoms with E-state index in [-0.39, 0.29) is 10.6 Å². The van der Waals surface area contributed by atoms with Crippen molar-refractivity contribution in [2.24, 2.45) is 0 Å². The van der Waals surface area contributed by atoms with Crippen LogP contribution in [0.3, 0.4) is 0 Å². The molecule has 0 spiro atoms. The molecule has 3 rings (SSSR count). The lowest BCUT2D eigenvalue weighted by atomic mass is 10.2. The zero-order valence-corrected chi connectivity index (χ0v) is 16.9. The Bertz CT molecular complexity index is 959. The number of halogens is 2. The molecule has 1 aliphatic rings. The van der Waals surface area contributed by atoms with Gasteiger partial charge in [-0.1, -0.05) is 18.5 Å². The zero-order valence-electron chi connectivity index (χ0n) is 15.4. The Kier molecular flexibility index (Phi) is 6.34. The van der Waals surface area contributed by atoms with Crippen LogP contribution in [0.1, 0.15) is 17.3 Å². The number of nitrogens with zero attached hydrogens (tertiary/aromatic N) is 2. The molecule has 1 N–H and O–H groups in total. The van der Waals surface area contributed by atoms with Gasteiger partial charge in [-0.3, -0.25) is 4.79 Å². The molecule has 0 radical (unpaired) electrons. The van der Waals surface area contributed by atoms with E-state index in [1.807, 2.05) is 6.92 Å². The van der Waals surface area contributed by atoms with Crippen molar-refractivity contribution in [1.82, 2.24) is 9.21 Å². The van der Waals surface area contributed by atoms with Crippen molar-refractivity contribution >= 4 is 33.2 Å². The van der Waals surface area contributed by atoms with E-state index in [2.05, 4.69) is 10.2 Å². The molecule has 0 unspecified atom stereocenters. The number of piperazine rings is 1. The summed E-state index contributed by atoms with van der Waals surface area (Å²) in [5, 5.41) is 2.93. The van der Waals surface area contributed by atoms with Gasteiger partial charge < -0.3 is 10.2 Å². The second kappa shape index (κ2) is 8.57. The van der Waals surface area contributed by atoms with Gasteiger partial charge in [0.15, 0.2) is 0 Å². The van der Waals surface area contributed by atoms with Crippen LogP contribution in [0.25, 0.3) is 0 Å². The summed E-state index contributed by atoms with van der Waals surface area (Å²) in [6.45, 7) is 4.92. The van der Waals surface area contributed by atoms with E-state index in [1.54, 1.807) is 12.1 Å². The summed E-state index contributed by atoms with van der Waals surface area (Å²) >= 11 is 5.79. The Hall–Kier alpha value is -2.00. The number of hydrogen-bond donors (Lipinski definition) is 1. The largest absolute Gasteiger partial charge is 0.319 e. The minimum absolute atomic E-state index is 0.0882. The number of benzene rings is 2. The highest BCUT2D eigenvalue weighted by Gasteiger charge is 2.28. The highest BCUT2D eigenvalue weighted by Crippen LogP contribution is 2.23. The van der Waals surface area contributed by atoms with Crippen LogP contribution >= 0.6 is 11.6 Å². The number of likely N-dealkylation sites (N-methyl/N-ethyl adjacent to an activating group) is 1. The number of rotatable bonds is 5. The molecule has 1 aliphatic heterocycles. The maximum absolute atomic E-state index is 14.5. The van der Waals surface area contributed by atoms with Gasteiger partial charge in [-0.25, -0.2) is 12.8 Å². The number of anilines is 1. The Morgan fingerprint density at radius 1 is 1.11 bits per heavy atom. The molecule has 9 heteroatoms. The van der Waals surface area contributed by atoms with E-state index in [1.165, 1.54) is 28.6 Å². The lowest BCUT2D eigenvalue weighted by molar-refractivity contribution is 0.102. The smallest absolute Gasteiger partial charge is 0.255 e. The van der Waals surface area contributed by atoms with Crippen molar-refractivity contribution in [3.8, 4) is 0 Å². The first-order chi connectivity index (χ1) is 13.3. The maximum Gasteiger partial charge on any atom is 0.255 e. The van der Waals surface area contributed by atoms with Gasteiger partial charge >= 0.3 is 0 Å². The Morgan fingerprint density at radius 3 is 2.32 bits per heavy atom. The first-order valence-corrected chi connectivity index (χ1v) is 10.7. The molecule has 0 atom stereocenters. The molecule has 1 amide bonds. The van der Waals surface area contributed by atoms with Gasteiger partial charge in [0.25, 0.3) is 5.91 Å². The van der Waals surface area contributed by atoms with Crippen molar-refractivity contribution in [1.29, 1.82) is 0 Å². The van der Waals surface area contributed by atoms with E-state index in [0.29, 0.717) is 36.8 Å². The molecule has 0 aromatic heterocycles. The summed E-state index contributed by atoms with van der Waals surface area (Å²) in [7, 11) is -3.78. The molecule has 6 nitrogen and oxygen atoms in total. The van der Waals surface area contributed by atoms with Crippen LogP contribution in [-0.4, -0.2) is 56.3 Å². The van der Waals surface area contributed by atoms with E-state index in [0.717, 1.165) is 12.6 Å². The molecule has 2 aromatic rings. The average Bonchev–Trinajstić information content (AvgIpc) is 2.70. The molecule has 1 saturated heterocycles. The van der Waals surface area contributed by atoms with Crippen molar-refractivity contribution in [2.75, 3.05) is 38.0 Å². The maximum atomic E-state index is 14.5. The third kappa shape index (κ3) is 4.52. The SMILES string of the molecule is CCN1CCN(S(=O)(=O)c2ccc(NC(=O)c3ccc(Cl)cc3)c(F)c2)CC1. The summed E-state index contributed by atoms with van der Waals surface area (Å²) in [6.07, 6.45) is 0. The number of hydrogen-bond acceptors (Lipinski definition) is 4. The topological polar surface area (TPSA) is 69.7 Å². The van der Waals surface area contributed by atoms with Gasteiger partial charge in [0.1, 0.15) is 5.82 Å². The third-order valence-electron chi connectivity index (χ3n) is 4.71. The number of sulfonamides is 1. The van der Waals surface area contributed by atoms with Crippen molar-refractivity contribution < 1.29 is 17.6 Å². The quantitative estimate of drug-likeness (QED) is 0.799. The predicted octanol–water partition coefficient (Wildman–Crippen LogP) is 3.06. The van der Waals surface area contributed by atoms with Crippen LogP contribution < -0.4 is 5.32 Å². The molecular weight excluding hydrogens is 405 g/mol. The van der Waals surface area contributed by atoms with Crippen LogP contribution in [0.4, 0.5) is 10.1 Å². The minimum Gasteiger partial charge on any atom is -0.319 e. The lowest BCUT2D eigenvalue weighted by Crippen LogP contribution is -2.48. The fourth-order valence-corrected chi connectivity index (χ4v) is 4.55. The Morgan fingerprint density at radius 2 is 1.75 bits per heavy atom. The second-order valence-corrected chi connectivity index (χ2v) is 8.82. The highest BCUT2D eigenvalue weighted by atomic mass is 35.5. The molecule has 150 valence electrons. The standard InChI is InChI=1S/C19H21ClFN3O3S/c1-2-23-9-11-24(12-10-23)28(26,27)16-7-8-18(17(21)13-16)22-19(25)14-3-5-15(20)6-4-14/h3-8,13H,2,9-12H2,1H3,(H,22,25). The zero-order chi connectivity index (χ0) is 20.3. The van der Waals surface area contributed by atoms with Crippen LogP contribution in [0.5, 0.6) is 0 Å². The summed E-state index contributed by atoms with van der Waals surface area (Å²) in [4.78, 5) is 14.2. The fraction of sp³-hybridized carbons (Fsp3) is 0.316. The summed E-state index contributed by atoms with van der Waals surface area (Å²) in [5.74, 6) is -1.32. The van der Waals surface area contributed by atoms with Crippen LogP contribution in [0.2, 0.25) is 5.02 Å². The Balaban J connectivity index is 1.74. The van der Waals surface area contributed by atoms with Gasteiger partial charge in [-0.15, -0.1) is 0 Å². The highest BCUT2D eigenvalue weighted by molar-refractivity contribution is 7.89. The summed E-state index contributed by atoms with van der Waals surface area (Å²) in [6, 6.07) is 9.66. The minimum atomic E-state index is -3.78. The predicted molar refractivity (Wildman–Crippen MR) is 107 cm³/mol.